The molecule has 20 heavy (non-hydrogen) atoms. The van der Waals surface area contributed by atoms with Crippen LogP contribution in [0.4, 0.5) is 0 Å². The van der Waals surface area contributed by atoms with Crippen LogP contribution in [-0.4, -0.2) is 42.3 Å². The molecule has 2 N–H and O–H groups in total. The lowest BCUT2D eigenvalue weighted by molar-refractivity contribution is -0.122. The lowest BCUT2D eigenvalue weighted by Crippen LogP contribution is -2.30. The molecular formula is C15H23NO3S. The van der Waals surface area contributed by atoms with Crippen molar-refractivity contribution in [2.45, 2.75) is 20.3 Å². The molecule has 0 heterocycles. The summed E-state index contributed by atoms with van der Waals surface area (Å²) in [5.74, 6) is 2.41. The normalized spacial score (nSPS) is 10.3. The van der Waals surface area contributed by atoms with E-state index in [0.717, 1.165) is 34.8 Å². The minimum atomic E-state index is -0.105. The van der Waals surface area contributed by atoms with Crippen molar-refractivity contribution in [3.8, 4) is 5.75 Å². The van der Waals surface area contributed by atoms with Crippen molar-refractivity contribution in [3.63, 3.8) is 0 Å². The summed E-state index contributed by atoms with van der Waals surface area (Å²) in [5.41, 5.74) is 2.25. The van der Waals surface area contributed by atoms with Gasteiger partial charge in [-0.05, 0) is 49.3 Å². The Labute approximate surface area is 124 Å². The van der Waals surface area contributed by atoms with Crippen molar-refractivity contribution in [2.24, 2.45) is 0 Å². The van der Waals surface area contributed by atoms with Crippen molar-refractivity contribution in [1.82, 2.24) is 5.32 Å². The number of amides is 1. The Morgan fingerprint density at radius 2 is 1.95 bits per heavy atom. The Morgan fingerprint density at radius 3 is 2.60 bits per heavy atom. The number of rotatable bonds is 9. The van der Waals surface area contributed by atoms with Gasteiger partial charge in [-0.1, -0.05) is 6.07 Å². The molecule has 5 heteroatoms. The van der Waals surface area contributed by atoms with Crippen LogP contribution >= 0.6 is 11.8 Å². The maximum Gasteiger partial charge on any atom is 0.257 e. The minimum absolute atomic E-state index is 0.0458. The van der Waals surface area contributed by atoms with E-state index in [1.165, 1.54) is 0 Å². The van der Waals surface area contributed by atoms with Crippen molar-refractivity contribution in [2.75, 3.05) is 31.3 Å². The molecule has 0 spiro atoms. The molecule has 0 fully saturated rings. The number of aliphatic hydroxyl groups excluding tert-OH is 1. The predicted molar refractivity (Wildman–Crippen MR) is 83.4 cm³/mol. The summed E-state index contributed by atoms with van der Waals surface area (Å²) in [7, 11) is 0. The molecule has 0 saturated heterocycles. The molecule has 0 unspecified atom stereocenters. The second-order valence-corrected chi connectivity index (χ2v) is 5.88. The van der Waals surface area contributed by atoms with Gasteiger partial charge in [0, 0.05) is 18.9 Å². The van der Waals surface area contributed by atoms with Gasteiger partial charge in [-0.3, -0.25) is 4.79 Å². The smallest absolute Gasteiger partial charge is 0.257 e. The molecule has 0 bridgehead atoms. The highest BCUT2D eigenvalue weighted by molar-refractivity contribution is 7.99. The average molecular weight is 297 g/mol. The molecular weight excluding hydrogens is 274 g/mol. The van der Waals surface area contributed by atoms with Crippen LogP contribution in [0.2, 0.25) is 0 Å². The Bertz CT molecular complexity index is 403. The second kappa shape index (κ2) is 9.66. The summed E-state index contributed by atoms with van der Waals surface area (Å²) in [6.45, 7) is 4.91. The number of carbonyl (C=O) groups is 1. The highest BCUT2D eigenvalue weighted by atomic mass is 32.2. The largest absolute Gasteiger partial charge is 0.484 e. The summed E-state index contributed by atoms with van der Waals surface area (Å²) in [6, 6.07) is 5.91. The first-order valence-corrected chi connectivity index (χ1v) is 7.93. The van der Waals surface area contributed by atoms with E-state index in [2.05, 4.69) is 11.4 Å². The Morgan fingerprint density at radius 1 is 1.25 bits per heavy atom. The van der Waals surface area contributed by atoms with E-state index in [1.807, 2.05) is 26.0 Å². The van der Waals surface area contributed by atoms with Gasteiger partial charge in [0.2, 0.25) is 0 Å². The molecule has 1 aromatic carbocycles. The monoisotopic (exact) mass is 297 g/mol. The number of nitrogens with one attached hydrogen (secondary N) is 1. The zero-order valence-corrected chi connectivity index (χ0v) is 13.0. The third-order valence-corrected chi connectivity index (χ3v) is 3.65. The van der Waals surface area contributed by atoms with Crippen molar-refractivity contribution in [3.05, 3.63) is 29.3 Å². The van der Waals surface area contributed by atoms with Gasteiger partial charge in [0.15, 0.2) is 6.61 Å². The third-order valence-electron chi connectivity index (χ3n) is 2.58. The van der Waals surface area contributed by atoms with Gasteiger partial charge in [0.25, 0.3) is 5.91 Å². The lowest BCUT2D eigenvalue weighted by Gasteiger charge is -2.09. The molecule has 1 rings (SSSR count). The lowest BCUT2D eigenvalue weighted by atomic mass is 10.1. The van der Waals surface area contributed by atoms with E-state index in [0.29, 0.717) is 6.54 Å². The van der Waals surface area contributed by atoms with Gasteiger partial charge in [-0.15, -0.1) is 0 Å². The number of thioether (sulfide) groups is 1. The SMILES string of the molecule is Cc1cc(C)cc(OCC(=O)NCCSCCCO)c1. The van der Waals surface area contributed by atoms with Gasteiger partial charge in [-0.2, -0.15) is 11.8 Å². The fourth-order valence-electron chi connectivity index (χ4n) is 1.75. The molecule has 4 nitrogen and oxygen atoms in total. The first kappa shape index (κ1) is 16.9. The summed E-state index contributed by atoms with van der Waals surface area (Å²) >= 11 is 1.72. The summed E-state index contributed by atoms with van der Waals surface area (Å²) in [4.78, 5) is 11.6. The van der Waals surface area contributed by atoms with Gasteiger partial charge in [0.05, 0.1) is 0 Å². The Hall–Kier alpha value is -1.20. The molecule has 0 aliphatic heterocycles. The van der Waals surface area contributed by atoms with Crippen LogP contribution in [0, 0.1) is 13.8 Å². The first-order valence-electron chi connectivity index (χ1n) is 6.78. The van der Waals surface area contributed by atoms with Crippen LogP contribution < -0.4 is 10.1 Å². The van der Waals surface area contributed by atoms with E-state index in [1.54, 1.807) is 11.8 Å². The molecule has 112 valence electrons. The number of aliphatic hydroxyl groups is 1. The molecule has 0 aromatic heterocycles. The van der Waals surface area contributed by atoms with Gasteiger partial charge in [0.1, 0.15) is 5.75 Å². The summed E-state index contributed by atoms with van der Waals surface area (Å²) < 4.78 is 5.47. The fourth-order valence-corrected chi connectivity index (χ4v) is 2.53. The highest BCUT2D eigenvalue weighted by Gasteiger charge is 2.03. The van der Waals surface area contributed by atoms with E-state index < -0.39 is 0 Å². The zero-order chi connectivity index (χ0) is 14.8. The molecule has 0 aliphatic rings. The fraction of sp³-hybridized carbons (Fsp3) is 0.533. The molecule has 0 radical (unpaired) electrons. The van der Waals surface area contributed by atoms with E-state index in [-0.39, 0.29) is 19.1 Å². The number of aryl methyl sites for hydroxylation is 2. The Kier molecular flexibility index (Phi) is 8.14. The highest BCUT2D eigenvalue weighted by Crippen LogP contribution is 2.15. The Balaban J connectivity index is 2.16. The summed E-state index contributed by atoms with van der Waals surface area (Å²) in [6.07, 6.45) is 0.800. The standard InChI is InChI=1S/C15H23NO3S/c1-12-8-13(2)10-14(9-12)19-11-15(18)16-4-7-20-6-3-5-17/h8-10,17H,3-7,11H2,1-2H3,(H,16,18). The maximum atomic E-state index is 11.6. The predicted octanol–water partition coefficient (Wildman–Crippen LogP) is 1.91. The van der Waals surface area contributed by atoms with E-state index in [9.17, 15) is 4.79 Å². The minimum Gasteiger partial charge on any atom is -0.484 e. The van der Waals surface area contributed by atoms with Crippen LogP contribution in [-0.2, 0) is 4.79 Å². The van der Waals surface area contributed by atoms with Crippen molar-refractivity contribution < 1.29 is 14.6 Å². The number of carbonyl (C=O) groups excluding carboxylic acids is 1. The topological polar surface area (TPSA) is 58.6 Å². The number of hydrogen-bond donors (Lipinski definition) is 2. The molecule has 1 aromatic rings. The van der Waals surface area contributed by atoms with Crippen LogP contribution in [0.3, 0.4) is 0 Å². The van der Waals surface area contributed by atoms with Gasteiger partial charge < -0.3 is 15.2 Å². The zero-order valence-electron chi connectivity index (χ0n) is 12.1. The van der Waals surface area contributed by atoms with Crippen LogP contribution in [0.1, 0.15) is 17.5 Å². The number of ether oxygens (including phenoxy) is 1. The quantitative estimate of drug-likeness (QED) is 0.684. The molecule has 0 saturated carbocycles. The van der Waals surface area contributed by atoms with Crippen molar-refractivity contribution >= 4 is 17.7 Å². The van der Waals surface area contributed by atoms with Crippen LogP contribution in [0.15, 0.2) is 18.2 Å². The third kappa shape index (κ3) is 7.40. The van der Waals surface area contributed by atoms with Crippen molar-refractivity contribution in [1.29, 1.82) is 0 Å². The molecule has 1 amide bonds. The van der Waals surface area contributed by atoms with Crippen LogP contribution in [0.25, 0.3) is 0 Å². The van der Waals surface area contributed by atoms with E-state index >= 15 is 0 Å². The van der Waals surface area contributed by atoms with E-state index in [4.69, 9.17) is 9.84 Å². The maximum absolute atomic E-state index is 11.6. The number of hydrogen-bond acceptors (Lipinski definition) is 4. The first-order chi connectivity index (χ1) is 9.61. The average Bonchev–Trinajstić information content (AvgIpc) is 2.39. The molecule has 0 aliphatic carbocycles. The van der Waals surface area contributed by atoms with Crippen LogP contribution in [0.5, 0.6) is 5.75 Å². The van der Waals surface area contributed by atoms with Gasteiger partial charge >= 0.3 is 0 Å². The second-order valence-electron chi connectivity index (χ2n) is 4.65. The molecule has 0 atom stereocenters. The number of benzene rings is 1. The van der Waals surface area contributed by atoms with Gasteiger partial charge in [-0.25, -0.2) is 0 Å². The summed E-state index contributed by atoms with van der Waals surface area (Å²) in [5, 5.41) is 11.4.